The number of amides is 2. The van der Waals surface area contributed by atoms with E-state index in [1.807, 2.05) is 11.8 Å². The monoisotopic (exact) mass is 672 g/mol. The fourth-order valence-electron chi connectivity index (χ4n) is 8.67. The van der Waals surface area contributed by atoms with Gasteiger partial charge in [0.25, 0.3) is 11.8 Å². The van der Waals surface area contributed by atoms with Crippen LogP contribution in [0.15, 0.2) is 48.8 Å². The van der Waals surface area contributed by atoms with Crippen molar-refractivity contribution in [1.29, 1.82) is 0 Å². The Bertz CT molecular complexity index is 1740. The van der Waals surface area contributed by atoms with Crippen molar-refractivity contribution in [3.63, 3.8) is 0 Å². The Morgan fingerprint density at radius 1 is 0.918 bits per heavy atom. The molecular weight excluding hydrogens is 633 g/mol. The SMILES string of the molecule is CCOc1cncc(C#Cc2cc(C(=O)N3CCN(c4ccc(C(=O)NCC56CC7CC(CC(C7)C5)C6)nn4)CC3)cc(C(F)(F)F)c2)c1. The van der Waals surface area contributed by atoms with Gasteiger partial charge in [-0.25, -0.2) is 0 Å². The zero-order valence-electron chi connectivity index (χ0n) is 27.4. The molecule has 1 saturated heterocycles. The van der Waals surface area contributed by atoms with Gasteiger partial charge in [-0.1, -0.05) is 11.8 Å². The molecule has 4 bridgehead atoms. The standard InChI is InChI=1S/C37H39F3N6O3/c1-2-49-31-16-25(21-41-22-31)4-3-24-14-29(17-30(15-24)37(38,39)40)35(48)46-9-7-45(8-10-46)33-6-5-32(43-44-33)34(47)42-23-36-18-26-11-27(19-36)13-28(12-26)20-36/h5-6,14-17,21-22,26-28H,2,7-13,18-20,23H2,1H3,(H,42,47). The number of rotatable bonds is 7. The molecule has 2 amide bonds. The molecule has 5 fully saturated rings. The third-order valence-electron chi connectivity index (χ3n) is 10.4. The van der Waals surface area contributed by atoms with Crippen molar-refractivity contribution in [2.75, 3.05) is 44.2 Å². The van der Waals surface area contributed by atoms with Crippen LogP contribution in [0.2, 0.25) is 0 Å². The molecule has 0 spiro atoms. The molecule has 1 aromatic carbocycles. The molecule has 5 aliphatic rings. The maximum atomic E-state index is 13.8. The number of alkyl halides is 3. The first kappa shape index (κ1) is 32.9. The number of nitrogens with zero attached hydrogens (tertiary/aromatic N) is 5. The Kier molecular flexibility index (Phi) is 8.94. The minimum Gasteiger partial charge on any atom is -0.492 e. The number of piperazine rings is 1. The number of hydrogen-bond donors (Lipinski definition) is 1. The van der Waals surface area contributed by atoms with Crippen molar-refractivity contribution >= 4 is 17.6 Å². The molecule has 3 aromatic rings. The van der Waals surface area contributed by atoms with E-state index in [0.717, 1.165) is 29.9 Å². The predicted octanol–water partition coefficient (Wildman–Crippen LogP) is 5.60. The van der Waals surface area contributed by atoms with E-state index in [1.165, 1.54) is 61.9 Å². The van der Waals surface area contributed by atoms with E-state index in [-0.39, 0.29) is 41.2 Å². The van der Waals surface area contributed by atoms with Gasteiger partial charge in [-0.2, -0.15) is 13.2 Å². The number of ether oxygens (including phenoxy) is 1. The van der Waals surface area contributed by atoms with Crippen molar-refractivity contribution in [3.8, 4) is 17.6 Å². The lowest BCUT2D eigenvalue weighted by molar-refractivity contribution is -0.137. The molecule has 9 nitrogen and oxygen atoms in total. The van der Waals surface area contributed by atoms with E-state index in [2.05, 4.69) is 32.3 Å². The van der Waals surface area contributed by atoms with E-state index in [1.54, 1.807) is 18.2 Å². The second-order valence-corrected chi connectivity index (χ2v) is 14.0. The summed E-state index contributed by atoms with van der Waals surface area (Å²) in [5.41, 5.74) is 0.00500. The predicted molar refractivity (Wildman–Crippen MR) is 176 cm³/mol. The molecule has 2 aromatic heterocycles. The van der Waals surface area contributed by atoms with Gasteiger partial charge in [-0.3, -0.25) is 14.6 Å². The summed E-state index contributed by atoms with van der Waals surface area (Å²) in [5.74, 6) is 8.36. The third kappa shape index (κ3) is 7.36. The summed E-state index contributed by atoms with van der Waals surface area (Å²) in [6.07, 6.45) is 6.07. The summed E-state index contributed by atoms with van der Waals surface area (Å²) in [6.45, 7) is 4.33. The van der Waals surface area contributed by atoms with Crippen molar-refractivity contribution < 1.29 is 27.5 Å². The van der Waals surface area contributed by atoms with Crippen molar-refractivity contribution in [1.82, 2.24) is 25.4 Å². The molecule has 0 radical (unpaired) electrons. The van der Waals surface area contributed by atoms with Gasteiger partial charge < -0.3 is 19.9 Å². The van der Waals surface area contributed by atoms with Crippen LogP contribution in [0.1, 0.15) is 83.0 Å². The van der Waals surface area contributed by atoms with Crippen LogP contribution in [-0.4, -0.2) is 71.2 Å². The van der Waals surface area contributed by atoms with Crippen LogP contribution in [0.4, 0.5) is 19.0 Å². The summed E-state index contributed by atoms with van der Waals surface area (Å²) in [5, 5.41) is 11.6. The third-order valence-corrected chi connectivity index (χ3v) is 10.4. The molecule has 1 aliphatic heterocycles. The van der Waals surface area contributed by atoms with E-state index in [9.17, 15) is 22.8 Å². The largest absolute Gasteiger partial charge is 0.492 e. The van der Waals surface area contributed by atoms with Crippen LogP contribution in [-0.2, 0) is 6.18 Å². The lowest BCUT2D eigenvalue weighted by Gasteiger charge is -2.56. The van der Waals surface area contributed by atoms with Crippen LogP contribution in [0.3, 0.4) is 0 Å². The van der Waals surface area contributed by atoms with Gasteiger partial charge >= 0.3 is 6.18 Å². The number of halogens is 3. The van der Waals surface area contributed by atoms with Crippen LogP contribution in [0.5, 0.6) is 5.75 Å². The Morgan fingerprint density at radius 2 is 1.61 bits per heavy atom. The summed E-state index contributed by atoms with van der Waals surface area (Å²) in [7, 11) is 0. The molecule has 0 unspecified atom stereocenters. The molecule has 4 aliphatic carbocycles. The molecule has 256 valence electrons. The van der Waals surface area contributed by atoms with Crippen molar-refractivity contribution in [3.05, 3.63) is 76.7 Å². The van der Waals surface area contributed by atoms with E-state index >= 15 is 0 Å². The second kappa shape index (κ2) is 13.3. The maximum Gasteiger partial charge on any atom is 0.416 e. The number of pyridine rings is 1. The van der Waals surface area contributed by atoms with Crippen LogP contribution in [0, 0.1) is 35.0 Å². The zero-order valence-corrected chi connectivity index (χ0v) is 27.4. The molecule has 3 heterocycles. The number of nitrogens with one attached hydrogen (secondary N) is 1. The van der Waals surface area contributed by atoms with Crippen molar-refractivity contribution in [2.45, 2.75) is 51.6 Å². The van der Waals surface area contributed by atoms with Crippen LogP contribution < -0.4 is 15.0 Å². The van der Waals surface area contributed by atoms with Gasteiger partial charge in [0, 0.05) is 55.6 Å². The fraction of sp³-hybridized carbons (Fsp3) is 0.486. The molecular formula is C37H39F3N6O3. The number of benzene rings is 1. The van der Waals surface area contributed by atoms with Crippen LogP contribution in [0.25, 0.3) is 0 Å². The number of carbonyl (C=O) groups excluding carboxylic acids is 2. The fourth-order valence-corrected chi connectivity index (χ4v) is 8.67. The van der Waals surface area contributed by atoms with Gasteiger partial charge in [0.15, 0.2) is 11.5 Å². The highest BCUT2D eigenvalue weighted by Crippen LogP contribution is 2.59. The minimum atomic E-state index is -4.65. The Balaban J connectivity index is 0.967. The highest BCUT2D eigenvalue weighted by atomic mass is 19.4. The topological polar surface area (TPSA) is 101 Å². The molecule has 1 N–H and O–H groups in total. The summed E-state index contributed by atoms with van der Waals surface area (Å²) in [6, 6.07) is 8.27. The lowest BCUT2D eigenvalue weighted by Crippen LogP contribution is -2.51. The van der Waals surface area contributed by atoms with E-state index in [0.29, 0.717) is 43.4 Å². The molecule has 49 heavy (non-hydrogen) atoms. The zero-order chi connectivity index (χ0) is 34.2. The first-order valence-corrected chi connectivity index (χ1v) is 17.0. The van der Waals surface area contributed by atoms with Gasteiger partial charge in [0.2, 0.25) is 0 Å². The maximum absolute atomic E-state index is 13.8. The number of hydrogen-bond acceptors (Lipinski definition) is 7. The first-order chi connectivity index (χ1) is 23.6. The minimum absolute atomic E-state index is 0.0657. The second-order valence-electron chi connectivity index (χ2n) is 14.0. The van der Waals surface area contributed by atoms with Gasteiger partial charge in [0.1, 0.15) is 5.75 Å². The van der Waals surface area contributed by atoms with Crippen LogP contribution >= 0.6 is 0 Å². The molecule has 8 rings (SSSR count). The summed E-state index contributed by atoms with van der Waals surface area (Å²) < 4.78 is 46.9. The van der Waals surface area contributed by atoms with Gasteiger partial charge in [-0.15, -0.1) is 10.2 Å². The highest BCUT2D eigenvalue weighted by Gasteiger charge is 2.50. The van der Waals surface area contributed by atoms with E-state index < -0.39 is 17.6 Å². The Hall–Kier alpha value is -4.66. The Morgan fingerprint density at radius 3 is 2.24 bits per heavy atom. The first-order valence-electron chi connectivity index (χ1n) is 17.0. The number of aromatic nitrogens is 3. The quantitative estimate of drug-likeness (QED) is 0.327. The summed E-state index contributed by atoms with van der Waals surface area (Å²) in [4.78, 5) is 33.9. The lowest BCUT2D eigenvalue weighted by atomic mass is 9.49. The van der Waals surface area contributed by atoms with E-state index in [4.69, 9.17) is 4.74 Å². The van der Waals surface area contributed by atoms with Gasteiger partial charge in [-0.05, 0) is 105 Å². The number of carbonyl (C=O) groups is 2. The van der Waals surface area contributed by atoms with Gasteiger partial charge in [0.05, 0.1) is 18.4 Å². The normalized spacial score (nSPS) is 24.3. The molecule has 4 saturated carbocycles. The number of anilines is 1. The van der Waals surface area contributed by atoms with Crippen molar-refractivity contribution in [2.24, 2.45) is 23.2 Å². The molecule has 12 heteroatoms. The summed E-state index contributed by atoms with van der Waals surface area (Å²) >= 11 is 0. The average molecular weight is 673 g/mol. The smallest absolute Gasteiger partial charge is 0.416 e. The Labute approximate surface area is 283 Å². The molecule has 0 atom stereocenters. The average Bonchev–Trinajstić information content (AvgIpc) is 3.09. The highest BCUT2D eigenvalue weighted by molar-refractivity contribution is 5.95.